The number of nitrogens with one attached hydrogen (secondary N) is 1. The van der Waals surface area contributed by atoms with Gasteiger partial charge in [0.2, 0.25) is 5.91 Å². The Morgan fingerprint density at radius 2 is 1.68 bits per heavy atom. The third-order valence-electron chi connectivity index (χ3n) is 5.66. The minimum Gasteiger partial charge on any atom is -0.481 e. The van der Waals surface area contributed by atoms with E-state index in [1.807, 2.05) is 48.5 Å². The standard InChI is InChI=1S/C23H26BrNO3/c1-14(2)15-8-12-18(13-9-15)25-22(26)20-5-3-4-19(21(20)23(27)28)16-6-10-17(24)11-7-16/h6-14,19-21H,3-5H2,1-2H3,(H,25,26)(H,27,28)/t19-,20-,21+/m1/s1. The highest BCUT2D eigenvalue weighted by Crippen LogP contribution is 2.42. The number of aliphatic carboxylic acids is 1. The molecule has 1 fully saturated rings. The fourth-order valence-electron chi connectivity index (χ4n) is 4.11. The Kier molecular flexibility index (Phi) is 6.55. The van der Waals surface area contributed by atoms with Gasteiger partial charge in [0.05, 0.1) is 11.8 Å². The van der Waals surface area contributed by atoms with Crippen molar-refractivity contribution in [2.45, 2.75) is 44.9 Å². The van der Waals surface area contributed by atoms with E-state index in [-0.39, 0.29) is 11.8 Å². The Morgan fingerprint density at radius 1 is 1.04 bits per heavy atom. The van der Waals surface area contributed by atoms with Gasteiger partial charge in [0, 0.05) is 10.2 Å². The predicted octanol–water partition coefficient (Wildman–Crippen LogP) is 5.80. The number of hydrogen-bond acceptors (Lipinski definition) is 2. The summed E-state index contributed by atoms with van der Waals surface area (Å²) in [5, 5.41) is 12.9. The van der Waals surface area contributed by atoms with Gasteiger partial charge in [-0.05, 0) is 60.1 Å². The normalized spacial score (nSPS) is 22.1. The number of carbonyl (C=O) groups is 2. The van der Waals surface area contributed by atoms with Crippen LogP contribution in [0.5, 0.6) is 0 Å². The molecule has 1 amide bonds. The van der Waals surface area contributed by atoms with Crippen LogP contribution < -0.4 is 5.32 Å². The number of carboxylic acids is 1. The smallest absolute Gasteiger partial charge is 0.307 e. The van der Waals surface area contributed by atoms with Crippen LogP contribution in [0.1, 0.15) is 56.1 Å². The zero-order chi connectivity index (χ0) is 20.3. The van der Waals surface area contributed by atoms with Gasteiger partial charge in [0.1, 0.15) is 0 Å². The molecule has 1 saturated carbocycles. The highest BCUT2D eigenvalue weighted by atomic mass is 79.9. The second-order valence-corrected chi connectivity index (χ2v) is 8.74. The van der Waals surface area contributed by atoms with Crippen molar-refractivity contribution in [1.82, 2.24) is 0 Å². The largest absolute Gasteiger partial charge is 0.481 e. The maximum atomic E-state index is 13.0. The van der Waals surface area contributed by atoms with E-state index >= 15 is 0 Å². The van der Waals surface area contributed by atoms with E-state index in [0.29, 0.717) is 18.0 Å². The van der Waals surface area contributed by atoms with Crippen molar-refractivity contribution < 1.29 is 14.7 Å². The van der Waals surface area contributed by atoms with E-state index in [4.69, 9.17) is 0 Å². The summed E-state index contributed by atoms with van der Waals surface area (Å²) in [5.74, 6) is -2.09. The third kappa shape index (κ3) is 4.64. The zero-order valence-corrected chi connectivity index (χ0v) is 17.8. The fraction of sp³-hybridized carbons (Fsp3) is 0.391. The highest BCUT2D eigenvalue weighted by Gasteiger charge is 2.42. The number of halogens is 1. The molecule has 1 aliphatic rings. The molecule has 0 aromatic heterocycles. The van der Waals surface area contributed by atoms with Crippen molar-refractivity contribution in [2.75, 3.05) is 5.32 Å². The summed E-state index contributed by atoms with van der Waals surface area (Å²) in [6, 6.07) is 15.5. The van der Waals surface area contributed by atoms with Crippen LogP contribution in [0.4, 0.5) is 5.69 Å². The van der Waals surface area contributed by atoms with Crippen LogP contribution >= 0.6 is 15.9 Å². The molecule has 3 atom stereocenters. The first-order valence-corrected chi connectivity index (χ1v) is 10.5. The summed E-state index contributed by atoms with van der Waals surface area (Å²) >= 11 is 3.42. The first-order valence-electron chi connectivity index (χ1n) is 9.76. The summed E-state index contributed by atoms with van der Waals surface area (Å²) < 4.78 is 0.957. The van der Waals surface area contributed by atoms with Crippen LogP contribution in [0.25, 0.3) is 0 Å². The third-order valence-corrected chi connectivity index (χ3v) is 6.19. The van der Waals surface area contributed by atoms with E-state index in [0.717, 1.165) is 22.9 Å². The molecular weight excluding hydrogens is 418 g/mol. The highest BCUT2D eigenvalue weighted by molar-refractivity contribution is 9.10. The summed E-state index contributed by atoms with van der Waals surface area (Å²) in [4.78, 5) is 25.1. The molecule has 0 saturated heterocycles. The second kappa shape index (κ2) is 8.91. The quantitative estimate of drug-likeness (QED) is 0.613. The maximum absolute atomic E-state index is 13.0. The predicted molar refractivity (Wildman–Crippen MR) is 115 cm³/mol. The maximum Gasteiger partial charge on any atom is 0.307 e. The molecule has 0 spiro atoms. The average molecular weight is 444 g/mol. The minimum atomic E-state index is -0.900. The first-order chi connectivity index (χ1) is 13.4. The Labute approximate surface area is 174 Å². The van der Waals surface area contributed by atoms with Crippen LogP contribution in [-0.4, -0.2) is 17.0 Å². The molecule has 28 heavy (non-hydrogen) atoms. The zero-order valence-electron chi connectivity index (χ0n) is 16.2. The van der Waals surface area contributed by atoms with Crippen molar-refractivity contribution in [1.29, 1.82) is 0 Å². The number of carbonyl (C=O) groups excluding carboxylic acids is 1. The molecule has 148 valence electrons. The van der Waals surface area contributed by atoms with Crippen molar-refractivity contribution in [2.24, 2.45) is 11.8 Å². The summed E-state index contributed by atoms with van der Waals surface area (Å²) in [6.07, 6.45) is 2.22. The number of anilines is 1. The summed E-state index contributed by atoms with van der Waals surface area (Å²) in [5.41, 5.74) is 2.90. The topological polar surface area (TPSA) is 66.4 Å². The number of benzene rings is 2. The van der Waals surface area contributed by atoms with Gasteiger partial charge in [0.25, 0.3) is 0 Å². The fourth-order valence-corrected chi connectivity index (χ4v) is 4.37. The monoisotopic (exact) mass is 443 g/mol. The van der Waals surface area contributed by atoms with Gasteiger partial charge in [-0.25, -0.2) is 0 Å². The van der Waals surface area contributed by atoms with Crippen molar-refractivity contribution in [3.8, 4) is 0 Å². The summed E-state index contributed by atoms with van der Waals surface area (Å²) in [7, 11) is 0. The lowest BCUT2D eigenvalue weighted by atomic mass is 9.69. The molecule has 2 N–H and O–H groups in total. The molecular formula is C23H26BrNO3. The lowest BCUT2D eigenvalue weighted by Gasteiger charge is -2.35. The lowest BCUT2D eigenvalue weighted by Crippen LogP contribution is -2.40. The van der Waals surface area contributed by atoms with Crippen LogP contribution in [0.3, 0.4) is 0 Å². The molecule has 4 nitrogen and oxygen atoms in total. The van der Waals surface area contributed by atoms with Gasteiger partial charge in [-0.2, -0.15) is 0 Å². The second-order valence-electron chi connectivity index (χ2n) is 7.83. The summed E-state index contributed by atoms with van der Waals surface area (Å²) in [6.45, 7) is 4.24. The van der Waals surface area contributed by atoms with Crippen LogP contribution in [0.2, 0.25) is 0 Å². The van der Waals surface area contributed by atoms with E-state index in [1.54, 1.807) is 0 Å². The number of rotatable bonds is 5. The van der Waals surface area contributed by atoms with Crippen molar-refractivity contribution in [3.63, 3.8) is 0 Å². The van der Waals surface area contributed by atoms with E-state index in [9.17, 15) is 14.7 Å². The van der Waals surface area contributed by atoms with Gasteiger partial charge < -0.3 is 10.4 Å². The van der Waals surface area contributed by atoms with Gasteiger partial charge in [-0.3, -0.25) is 9.59 Å². The number of carboxylic acid groups (broad SMARTS) is 1. The van der Waals surface area contributed by atoms with Crippen molar-refractivity contribution in [3.05, 3.63) is 64.1 Å². The molecule has 2 aromatic rings. The Balaban J connectivity index is 1.79. The molecule has 0 radical (unpaired) electrons. The Morgan fingerprint density at radius 3 is 2.25 bits per heavy atom. The van der Waals surface area contributed by atoms with Crippen LogP contribution in [0, 0.1) is 11.8 Å². The van der Waals surface area contributed by atoms with Crippen molar-refractivity contribution >= 4 is 33.5 Å². The molecule has 0 bridgehead atoms. The molecule has 1 aliphatic carbocycles. The van der Waals surface area contributed by atoms with Gasteiger partial charge >= 0.3 is 5.97 Å². The van der Waals surface area contributed by atoms with Gasteiger partial charge in [0.15, 0.2) is 0 Å². The average Bonchev–Trinajstić information content (AvgIpc) is 2.68. The molecule has 0 aliphatic heterocycles. The van der Waals surface area contributed by atoms with Crippen LogP contribution in [0.15, 0.2) is 53.0 Å². The van der Waals surface area contributed by atoms with Gasteiger partial charge in [-0.15, -0.1) is 0 Å². The Bertz CT molecular complexity index is 830. The molecule has 0 unspecified atom stereocenters. The molecule has 2 aromatic carbocycles. The molecule has 0 heterocycles. The number of amides is 1. The van der Waals surface area contributed by atoms with Crippen LogP contribution in [-0.2, 0) is 9.59 Å². The SMILES string of the molecule is CC(C)c1ccc(NC(=O)[C@@H]2CCC[C@H](c3ccc(Br)cc3)[C@@H]2C(=O)O)cc1. The molecule has 5 heteroatoms. The van der Waals surface area contributed by atoms with Gasteiger partial charge in [-0.1, -0.05) is 60.5 Å². The van der Waals surface area contributed by atoms with E-state index in [2.05, 4.69) is 35.1 Å². The molecule has 3 rings (SSSR count). The minimum absolute atomic E-state index is 0.154. The first kappa shape index (κ1) is 20.6. The number of hydrogen-bond donors (Lipinski definition) is 2. The Hall–Kier alpha value is -2.14. The van der Waals surface area contributed by atoms with E-state index in [1.165, 1.54) is 5.56 Å². The lowest BCUT2D eigenvalue weighted by molar-refractivity contribution is -0.148. The van der Waals surface area contributed by atoms with E-state index < -0.39 is 17.8 Å².